The molecule has 3 N–H and O–H groups in total. The van der Waals surface area contributed by atoms with Crippen molar-refractivity contribution in [3.63, 3.8) is 0 Å². The van der Waals surface area contributed by atoms with Crippen molar-refractivity contribution in [1.29, 1.82) is 0 Å². The van der Waals surface area contributed by atoms with Crippen LogP contribution in [0.15, 0.2) is 12.8 Å². The van der Waals surface area contributed by atoms with Crippen LogP contribution in [-0.4, -0.2) is 11.5 Å². The maximum atomic E-state index is 5.10. The van der Waals surface area contributed by atoms with E-state index >= 15 is 0 Å². The number of hydrogen-bond donors (Lipinski definition) is 2. The van der Waals surface area contributed by atoms with Crippen LogP contribution in [-0.2, 0) is 0 Å². The molecule has 0 aromatic carbocycles. The Kier molecular flexibility index (Phi) is 3.32. The van der Waals surface area contributed by atoms with Gasteiger partial charge in [0.25, 0.3) is 0 Å². The van der Waals surface area contributed by atoms with Crippen molar-refractivity contribution >= 4 is 17.2 Å². The van der Waals surface area contributed by atoms with Crippen LogP contribution in [0.3, 0.4) is 0 Å². The summed E-state index contributed by atoms with van der Waals surface area (Å²) in [5.41, 5.74) is 5.10. The molecule has 0 rings (SSSR count). The predicted molar refractivity (Wildman–Crippen MR) is 35.0 cm³/mol. The summed E-state index contributed by atoms with van der Waals surface area (Å²) in [5.74, 6) is 0. The fraction of sp³-hybridized carbons (Fsp3) is 0.250. The number of nitrogens with one attached hydrogen (secondary N) is 1. The van der Waals surface area contributed by atoms with Gasteiger partial charge in [-0.15, -0.1) is 0 Å². The molecule has 0 aromatic heterocycles. The van der Waals surface area contributed by atoms with Crippen molar-refractivity contribution in [2.24, 2.45) is 5.73 Å². The molecule has 0 aliphatic carbocycles. The van der Waals surface area contributed by atoms with Gasteiger partial charge in [0.1, 0.15) is 0 Å². The van der Waals surface area contributed by atoms with E-state index in [1.54, 1.807) is 6.20 Å². The second-order valence-electron chi connectivity index (χ2n) is 1.05. The summed E-state index contributed by atoms with van der Waals surface area (Å²) >= 11 is 4.53. The molecule has 0 spiro atoms. The van der Waals surface area contributed by atoms with Crippen LogP contribution >= 0.6 is 12.2 Å². The molecule has 0 amide bonds. The molecule has 2 nitrogen and oxygen atoms in total. The summed E-state index contributed by atoms with van der Waals surface area (Å²) in [6.07, 6.45) is 1.55. The summed E-state index contributed by atoms with van der Waals surface area (Å²) in [6, 6.07) is 0. The molecule has 0 saturated heterocycles. The van der Waals surface area contributed by atoms with Crippen LogP contribution in [0.4, 0.5) is 0 Å². The molecule has 0 radical (unpaired) electrons. The van der Waals surface area contributed by atoms with Crippen molar-refractivity contribution in [1.82, 2.24) is 5.32 Å². The molecule has 0 aliphatic rings. The van der Waals surface area contributed by atoms with Gasteiger partial charge >= 0.3 is 0 Å². The van der Waals surface area contributed by atoms with Gasteiger partial charge in [0.15, 0.2) is 0 Å². The SMILES string of the molecule is C=CNCC(N)=S. The zero-order valence-corrected chi connectivity index (χ0v) is 4.79. The summed E-state index contributed by atoms with van der Waals surface area (Å²) in [7, 11) is 0. The third-order valence-corrected chi connectivity index (χ3v) is 0.565. The van der Waals surface area contributed by atoms with Gasteiger partial charge in [-0.05, 0) is 6.20 Å². The van der Waals surface area contributed by atoms with E-state index in [9.17, 15) is 0 Å². The Morgan fingerprint density at radius 3 is 2.71 bits per heavy atom. The lowest BCUT2D eigenvalue weighted by Crippen LogP contribution is -2.22. The molecule has 7 heavy (non-hydrogen) atoms. The van der Waals surface area contributed by atoms with Gasteiger partial charge in [-0.3, -0.25) is 0 Å². The van der Waals surface area contributed by atoms with E-state index in [1.165, 1.54) is 0 Å². The lowest BCUT2D eigenvalue weighted by molar-refractivity contribution is 1.03. The highest BCUT2D eigenvalue weighted by Crippen LogP contribution is 1.59. The molecule has 0 unspecified atom stereocenters. The van der Waals surface area contributed by atoms with Gasteiger partial charge in [0.2, 0.25) is 0 Å². The number of rotatable bonds is 3. The van der Waals surface area contributed by atoms with Crippen LogP contribution in [0.5, 0.6) is 0 Å². The molecule has 0 heterocycles. The topological polar surface area (TPSA) is 38.0 Å². The zero-order valence-electron chi connectivity index (χ0n) is 3.98. The molecule has 0 aliphatic heterocycles. The minimum atomic E-state index is 0.458. The highest BCUT2D eigenvalue weighted by atomic mass is 32.1. The summed E-state index contributed by atoms with van der Waals surface area (Å²) in [5, 5.41) is 2.75. The summed E-state index contributed by atoms with van der Waals surface area (Å²) < 4.78 is 0. The van der Waals surface area contributed by atoms with Crippen LogP contribution in [0.25, 0.3) is 0 Å². The van der Waals surface area contributed by atoms with E-state index in [0.717, 1.165) is 0 Å². The molecular formula is C4H8N2S. The quantitative estimate of drug-likeness (QED) is 0.510. The summed E-state index contributed by atoms with van der Waals surface area (Å²) in [4.78, 5) is 0.458. The molecule has 0 saturated carbocycles. The monoisotopic (exact) mass is 116 g/mol. The van der Waals surface area contributed by atoms with Crippen molar-refractivity contribution in [3.8, 4) is 0 Å². The Morgan fingerprint density at radius 2 is 2.57 bits per heavy atom. The average Bonchev–Trinajstić information content (AvgIpc) is 1.61. The van der Waals surface area contributed by atoms with Crippen LogP contribution in [0.2, 0.25) is 0 Å². The van der Waals surface area contributed by atoms with E-state index in [2.05, 4.69) is 24.1 Å². The van der Waals surface area contributed by atoms with Crippen molar-refractivity contribution in [2.75, 3.05) is 6.54 Å². The maximum Gasteiger partial charge on any atom is 0.0921 e. The second-order valence-corrected chi connectivity index (χ2v) is 1.58. The van der Waals surface area contributed by atoms with Gasteiger partial charge in [0.05, 0.1) is 11.5 Å². The fourth-order valence-electron chi connectivity index (χ4n) is 0.173. The number of nitrogens with two attached hydrogens (primary N) is 1. The molecule has 0 aromatic rings. The third kappa shape index (κ3) is 5.43. The standard InChI is InChI=1S/C4H8N2S/c1-2-6-3-4(5)7/h2,6H,1,3H2,(H2,5,7). The second kappa shape index (κ2) is 3.61. The first-order valence-electron chi connectivity index (χ1n) is 1.90. The largest absolute Gasteiger partial charge is 0.392 e. The molecule has 0 bridgehead atoms. The van der Waals surface area contributed by atoms with Crippen molar-refractivity contribution < 1.29 is 0 Å². The van der Waals surface area contributed by atoms with Crippen molar-refractivity contribution in [3.05, 3.63) is 12.8 Å². The smallest absolute Gasteiger partial charge is 0.0921 e. The zero-order chi connectivity index (χ0) is 5.70. The number of thiocarbonyl (C=S) groups is 1. The molecule has 40 valence electrons. The highest BCUT2D eigenvalue weighted by Gasteiger charge is 1.78. The minimum Gasteiger partial charge on any atom is -0.392 e. The minimum absolute atomic E-state index is 0.458. The Labute approximate surface area is 48.4 Å². The molecule has 0 atom stereocenters. The van der Waals surface area contributed by atoms with E-state index in [1.807, 2.05) is 0 Å². The lowest BCUT2D eigenvalue weighted by atomic mass is 10.6. The fourth-order valence-corrected chi connectivity index (χ4v) is 0.256. The van der Waals surface area contributed by atoms with E-state index in [-0.39, 0.29) is 0 Å². The van der Waals surface area contributed by atoms with Crippen LogP contribution in [0.1, 0.15) is 0 Å². The van der Waals surface area contributed by atoms with Gasteiger partial charge in [-0.1, -0.05) is 18.8 Å². The highest BCUT2D eigenvalue weighted by molar-refractivity contribution is 7.80. The predicted octanol–water partition coefficient (Wildman–Crippen LogP) is 0.00560. The molecule has 3 heteroatoms. The lowest BCUT2D eigenvalue weighted by Gasteiger charge is -1.92. The first-order chi connectivity index (χ1) is 3.27. The van der Waals surface area contributed by atoms with E-state index in [0.29, 0.717) is 11.5 Å². The summed E-state index contributed by atoms with van der Waals surface area (Å²) in [6.45, 7) is 3.95. The first kappa shape index (κ1) is 6.43. The average molecular weight is 116 g/mol. The van der Waals surface area contributed by atoms with Gasteiger partial charge in [-0.25, -0.2) is 0 Å². The van der Waals surface area contributed by atoms with E-state index < -0.39 is 0 Å². The van der Waals surface area contributed by atoms with Crippen molar-refractivity contribution in [2.45, 2.75) is 0 Å². The van der Waals surface area contributed by atoms with Gasteiger partial charge in [0, 0.05) is 0 Å². The first-order valence-corrected chi connectivity index (χ1v) is 2.31. The number of hydrogen-bond acceptors (Lipinski definition) is 2. The maximum absolute atomic E-state index is 5.10. The van der Waals surface area contributed by atoms with Crippen LogP contribution in [0, 0.1) is 0 Å². The Hall–Kier alpha value is -0.570. The van der Waals surface area contributed by atoms with Gasteiger partial charge < -0.3 is 11.1 Å². The normalized spacial score (nSPS) is 7.43. The molecule has 0 fully saturated rings. The third-order valence-electron chi connectivity index (χ3n) is 0.421. The Morgan fingerprint density at radius 1 is 2.00 bits per heavy atom. The Balaban J connectivity index is 2.97. The van der Waals surface area contributed by atoms with Gasteiger partial charge in [-0.2, -0.15) is 0 Å². The van der Waals surface area contributed by atoms with Crippen LogP contribution < -0.4 is 11.1 Å². The molecular weight excluding hydrogens is 108 g/mol. The Bertz CT molecular complexity index is 79.8. The van der Waals surface area contributed by atoms with E-state index in [4.69, 9.17) is 5.73 Å².